The summed E-state index contributed by atoms with van der Waals surface area (Å²) in [6.07, 6.45) is -4.47. The Balaban J connectivity index is 1.62. The lowest BCUT2D eigenvalue weighted by Gasteiger charge is -2.42. The second-order valence-electron chi connectivity index (χ2n) is 14.6. The fraction of sp³-hybridized carbons (Fsp3) is 0.556. The maximum Gasteiger partial charge on any atom is 0.417 e. The Morgan fingerprint density at radius 3 is 2.37 bits per heavy atom. The quantitative estimate of drug-likeness (QED) is 0.327. The van der Waals surface area contributed by atoms with Gasteiger partial charge >= 0.3 is 18.2 Å². The largest absolute Gasteiger partial charge is 0.445 e. The number of alkyl halides is 3. The molecule has 13 heteroatoms. The highest BCUT2D eigenvalue weighted by Crippen LogP contribution is 2.43. The molecule has 1 atom stereocenters. The van der Waals surface area contributed by atoms with Gasteiger partial charge < -0.3 is 24.7 Å². The average Bonchev–Trinajstić information content (AvgIpc) is 3.01. The number of carbonyl (C=O) groups is 4. The van der Waals surface area contributed by atoms with Gasteiger partial charge in [0, 0.05) is 42.8 Å². The molecule has 268 valence electrons. The summed E-state index contributed by atoms with van der Waals surface area (Å²) < 4.78 is 49.3. The van der Waals surface area contributed by atoms with Gasteiger partial charge in [-0.05, 0) is 77.1 Å². The third-order valence-corrected chi connectivity index (χ3v) is 8.69. The van der Waals surface area contributed by atoms with Gasteiger partial charge in [0.2, 0.25) is 5.91 Å². The summed E-state index contributed by atoms with van der Waals surface area (Å²) in [4.78, 5) is 61.2. The van der Waals surface area contributed by atoms with Crippen LogP contribution in [0.3, 0.4) is 0 Å². The summed E-state index contributed by atoms with van der Waals surface area (Å²) in [5, 5.41) is 4.08. The number of nitrogens with zero attached hydrogens (tertiary/aromatic N) is 3. The number of amides is 3. The first kappa shape index (κ1) is 37.7. The van der Waals surface area contributed by atoms with Crippen molar-refractivity contribution >= 4 is 29.6 Å². The molecular formula is C36H47F3N4O6. The number of carbonyl (C=O) groups excluding carboxylic acids is 4. The number of piperidine rings is 1. The van der Waals surface area contributed by atoms with Gasteiger partial charge in [-0.25, -0.2) is 9.59 Å². The van der Waals surface area contributed by atoms with Gasteiger partial charge in [0.05, 0.1) is 23.1 Å². The maximum absolute atomic E-state index is 14.7. The monoisotopic (exact) mass is 688 g/mol. The highest BCUT2D eigenvalue weighted by molar-refractivity contribution is 6.03. The molecular weight excluding hydrogens is 641 g/mol. The minimum Gasteiger partial charge on any atom is -0.445 e. The van der Waals surface area contributed by atoms with Crippen LogP contribution in [-0.4, -0.2) is 72.1 Å². The first-order chi connectivity index (χ1) is 22.8. The molecule has 0 radical (unpaired) electrons. The molecule has 2 aromatic carbocycles. The van der Waals surface area contributed by atoms with E-state index >= 15 is 0 Å². The maximum atomic E-state index is 14.7. The minimum atomic E-state index is -4.86. The van der Waals surface area contributed by atoms with E-state index in [0.717, 1.165) is 17.7 Å². The van der Waals surface area contributed by atoms with Crippen molar-refractivity contribution in [1.82, 2.24) is 15.3 Å². The molecule has 2 aliphatic heterocycles. The van der Waals surface area contributed by atoms with Crippen molar-refractivity contribution < 1.29 is 41.9 Å². The fourth-order valence-electron chi connectivity index (χ4n) is 6.18. The van der Waals surface area contributed by atoms with Crippen LogP contribution in [0.1, 0.15) is 88.4 Å². The van der Waals surface area contributed by atoms with Gasteiger partial charge in [-0.15, -0.1) is 5.06 Å². The Morgan fingerprint density at radius 1 is 1.08 bits per heavy atom. The lowest BCUT2D eigenvalue weighted by Crippen LogP contribution is -2.53. The predicted octanol–water partition coefficient (Wildman–Crippen LogP) is 6.37. The number of hydrogen-bond donors (Lipinski definition) is 1. The van der Waals surface area contributed by atoms with Crippen molar-refractivity contribution in [2.75, 3.05) is 31.1 Å². The number of hydrogen-bond acceptors (Lipinski definition) is 7. The Bertz CT molecular complexity index is 1540. The van der Waals surface area contributed by atoms with E-state index in [-0.39, 0.29) is 49.8 Å². The Kier molecular flexibility index (Phi) is 11.4. The van der Waals surface area contributed by atoms with E-state index in [1.165, 1.54) is 14.9 Å². The lowest BCUT2D eigenvalue weighted by molar-refractivity contribution is -0.208. The first-order valence-corrected chi connectivity index (χ1v) is 16.6. The number of halogens is 3. The van der Waals surface area contributed by atoms with Crippen molar-refractivity contribution in [1.29, 1.82) is 0 Å². The number of alkyl carbamates (subject to hydrolysis) is 1. The van der Waals surface area contributed by atoms with Gasteiger partial charge in [-0.2, -0.15) is 13.2 Å². The Hall–Kier alpha value is -4.13. The second kappa shape index (κ2) is 14.8. The summed E-state index contributed by atoms with van der Waals surface area (Å²) in [6.45, 7) is 12.4. The highest BCUT2D eigenvalue weighted by atomic mass is 19.4. The van der Waals surface area contributed by atoms with E-state index in [1.807, 2.05) is 18.2 Å². The van der Waals surface area contributed by atoms with E-state index in [1.54, 1.807) is 60.6 Å². The molecule has 0 spiro atoms. The van der Waals surface area contributed by atoms with Crippen molar-refractivity contribution in [3.63, 3.8) is 0 Å². The molecule has 0 saturated carbocycles. The minimum absolute atomic E-state index is 0.0341. The van der Waals surface area contributed by atoms with Crippen LogP contribution in [-0.2, 0) is 38.4 Å². The molecule has 0 bridgehead atoms. The van der Waals surface area contributed by atoms with Gasteiger partial charge in [-0.3, -0.25) is 9.59 Å². The summed E-state index contributed by atoms with van der Waals surface area (Å²) >= 11 is 0. The zero-order valence-corrected chi connectivity index (χ0v) is 29.3. The normalized spacial score (nSPS) is 18.1. The van der Waals surface area contributed by atoms with Crippen molar-refractivity contribution in [2.24, 2.45) is 10.8 Å². The van der Waals surface area contributed by atoms with Crippen molar-refractivity contribution in [2.45, 2.75) is 92.6 Å². The summed E-state index contributed by atoms with van der Waals surface area (Å²) in [5.41, 5.74) is -2.20. The SMILES string of the molecule is CC(C)N(C(=O)c1cc2c(cc1C(F)(F)F)CC(C)(C)C(=O)N2CCNC(=O)OCc1ccccc1)C1CCCN(OC(=O)C(C)(C)C)C1. The smallest absolute Gasteiger partial charge is 0.417 e. The van der Waals surface area contributed by atoms with Gasteiger partial charge in [0.25, 0.3) is 5.91 Å². The number of ether oxygens (including phenoxy) is 1. The summed E-state index contributed by atoms with van der Waals surface area (Å²) in [5.74, 6) is -1.63. The van der Waals surface area contributed by atoms with E-state index in [9.17, 15) is 32.3 Å². The van der Waals surface area contributed by atoms with Crippen LogP contribution < -0.4 is 10.2 Å². The van der Waals surface area contributed by atoms with Crippen LogP contribution in [0.25, 0.3) is 0 Å². The number of fused-ring (bicyclic) bond motifs is 1. The molecule has 2 aromatic rings. The second-order valence-corrected chi connectivity index (χ2v) is 14.6. The number of hydroxylamine groups is 2. The topological polar surface area (TPSA) is 108 Å². The molecule has 0 aromatic heterocycles. The van der Waals surface area contributed by atoms with Crippen LogP contribution in [0.5, 0.6) is 0 Å². The lowest BCUT2D eigenvalue weighted by atomic mass is 9.79. The van der Waals surface area contributed by atoms with Gasteiger partial charge in [-0.1, -0.05) is 44.2 Å². The number of nitrogens with one attached hydrogen (secondary N) is 1. The molecule has 0 aliphatic carbocycles. The third kappa shape index (κ3) is 9.11. The fourth-order valence-corrected chi connectivity index (χ4v) is 6.18. The predicted molar refractivity (Wildman–Crippen MR) is 177 cm³/mol. The molecule has 10 nitrogen and oxygen atoms in total. The molecule has 4 rings (SSSR count). The van der Waals surface area contributed by atoms with Crippen molar-refractivity contribution in [3.8, 4) is 0 Å². The number of benzene rings is 2. The zero-order valence-electron chi connectivity index (χ0n) is 29.3. The average molecular weight is 689 g/mol. The number of rotatable bonds is 9. The van der Waals surface area contributed by atoms with E-state index in [2.05, 4.69) is 5.32 Å². The molecule has 1 saturated heterocycles. The van der Waals surface area contributed by atoms with E-state index in [0.29, 0.717) is 19.4 Å². The zero-order chi connectivity index (χ0) is 36.3. The van der Waals surface area contributed by atoms with Crippen LogP contribution in [0.2, 0.25) is 0 Å². The molecule has 3 amide bonds. The Labute approximate surface area is 285 Å². The number of anilines is 1. The van der Waals surface area contributed by atoms with Gasteiger partial charge in [0.1, 0.15) is 6.61 Å². The van der Waals surface area contributed by atoms with Crippen LogP contribution in [0, 0.1) is 10.8 Å². The summed E-state index contributed by atoms with van der Waals surface area (Å²) in [6, 6.07) is 10.2. The molecule has 2 heterocycles. The highest BCUT2D eigenvalue weighted by Gasteiger charge is 2.44. The standard InChI is InChI=1S/C36H47F3N4O6/c1-23(2)43(26-14-11-16-41(21-26)49-32(46)34(3,4)5)30(44)27-19-29-25(18-28(27)36(37,38)39)20-35(6,7)31(45)42(29)17-15-40-33(47)48-22-24-12-9-8-10-13-24/h8-10,12-13,18-19,23,26H,11,14-17,20-22H2,1-7H3,(H,40,47). The molecule has 49 heavy (non-hydrogen) atoms. The van der Waals surface area contributed by atoms with Gasteiger partial charge in [0.15, 0.2) is 0 Å². The van der Waals surface area contributed by atoms with E-state index in [4.69, 9.17) is 9.57 Å². The molecule has 1 unspecified atom stereocenters. The molecule has 2 aliphatic rings. The molecule has 1 N–H and O–H groups in total. The van der Waals surface area contributed by atoms with Crippen molar-refractivity contribution in [3.05, 3.63) is 64.7 Å². The van der Waals surface area contributed by atoms with Crippen LogP contribution in [0.4, 0.5) is 23.7 Å². The van der Waals surface area contributed by atoms with Crippen LogP contribution >= 0.6 is 0 Å². The third-order valence-electron chi connectivity index (χ3n) is 8.69. The van der Waals surface area contributed by atoms with E-state index < -0.39 is 58.2 Å². The van der Waals surface area contributed by atoms with Crippen LogP contribution in [0.15, 0.2) is 42.5 Å². The molecule has 1 fully saturated rings. The first-order valence-electron chi connectivity index (χ1n) is 16.6. The Morgan fingerprint density at radius 2 is 1.76 bits per heavy atom. The summed E-state index contributed by atoms with van der Waals surface area (Å²) in [7, 11) is 0.